The summed E-state index contributed by atoms with van der Waals surface area (Å²) < 4.78 is 16.9. The second-order valence-corrected chi connectivity index (χ2v) is 24.1. The third kappa shape index (κ3) is 67.8. The smallest absolute Gasteiger partial charge is 0.306 e. The number of hydrogen-bond acceptors (Lipinski definition) is 6. The van der Waals surface area contributed by atoms with Crippen LogP contribution in [0.3, 0.4) is 0 Å². The highest BCUT2D eigenvalue weighted by atomic mass is 16.6. The van der Waals surface area contributed by atoms with E-state index in [2.05, 4.69) is 81.5 Å². The van der Waals surface area contributed by atoms with E-state index in [-0.39, 0.29) is 31.1 Å². The fourth-order valence-electron chi connectivity index (χ4n) is 10.7. The normalized spacial score (nSPS) is 12.4. The Hall–Kier alpha value is -2.89. The third-order valence-electron chi connectivity index (χ3n) is 16.0. The van der Waals surface area contributed by atoms with Gasteiger partial charge in [0.05, 0.1) is 0 Å². The van der Waals surface area contributed by atoms with Gasteiger partial charge >= 0.3 is 17.9 Å². The van der Waals surface area contributed by atoms with Gasteiger partial charge in [-0.05, 0) is 64.2 Å². The standard InChI is InChI=1S/C75H136O6/c1-4-7-10-13-16-19-22-24-26-28-30-32-33-34-35-36-37-38-39-40-41-43-44-46-48-50-53-56-59-62-65-68-74(77)80-71-72(70-79-73(76)67-64-61-58-55-52-21-18-15-12-9-6-3)81-75(78)69-66-63-60-57-54-51-49-47-45-42-31-29-27-25-23-20-17-14-11-8-5-2/h8,11,17,20,25,27,31,42,47,49,72H,4-7,9-10,12-16,18-19,21-24,26,28-30,32-41,43-46,48,50-71H2,1-3H3/b11-8-,20-17-,27-25-,42-31-,49-47-. The van der Waals surface area contributed by atoms with E-state index in [0.29, 0.717) is 19.3 Å². The Balaban J connectivity index is 4.15. The van der Waals surface area contributed by atoms with Gasteiger partial charge in [-0.15, -0.1) is 0 Å². The highest BCUT2D eigenvalue weighted by Gasteiger charge is 2.19. The van der Waals surface area contributed by atoms with Crippen LogP contribution in [-0.2, 0) is 28.6 Å². The summed E-state index contributed by atoms with van der Waals surface area (Å²) in [5.41, 5.74) is 0. The molecule has 0 aliphatic rings. The number of esters is 3. The Bertz CT molecular complexity index is 1440. The molecule has 0 bridgehead atoms. The minimum absolute atomic E-state index is 0.0777. The van der Waals surface area contributed by atoms with Gasteiger partial charge in [-0.25, -0.2) is 0 Å². The fraction of sp³-hybridized carbons (Fsp3) is 0.827. The summed E-state index contributed by atoms with van der Waals surface area (Å²) in [5, 5.41) is 0. The van der Waals surface area contributed by atoms with Crippen LogP contribution in [0.4, 0.5) is 0 Å². The molecule has 0 saturated heterocycles. The van der Waals surface area contributed by atoms with E-state index in [1.165, 1.54) is 231 Å². The van der Waals surface area contributed by atoms with Crippen molar-refractivity contribution in [3.8, 4) is 0 Å². The summed E-state index contributed by atoms with van der Waals surface area (Å²) in [7, 11) is 0. The second kappa shape index (κ2) is 69.6. The van der Waals surface area contributed by atoms with Crippen LogP contribution in [0.1, 0.15) is 380 Å². The molecule has 1 atom stereocenters. The van der Waals surface area contributed by atoms with Gasteiger partial charge in [-0.1, -0.05) is 358 Å². The summed E-state index contributed by atoms with van der Waals surface area (Å²) >= 11 is 0. The average Bonchev–Trinajstić information content (AvgIpc) is 3.47. The van der Waals surface area contributed by atoms with Crippen molar-refractivity contribution in [3.05, 3.63) is 60.8 Å². The molecule has 81 heavy (non-hydrogen) atoms. The number of allylic oxidation sites excluding steroid dienone is 10. The van der Waals surface area contributed by atoms with Crippen molar-refractivity contribution < 1.29 is 28.6 Å². The highest BCUT2D eigenvalue weighted by Crippen LogP contribution is 2.19. The SMILES string of the molecule is CC/C=C\C/C=C\C/C=C\C/C=C\C/C=C\CCCCCCCC(=O)OC(COC(=O)CCCCCCCCCCCCC)COC(=O)CCCCCCCCCCCCCCCCCCCCCCCCCCCCCCCCC. The molecule has 0 heterocycles. The van der Waals surface area contributed by atoms with E-state index in [1.54, 1.807) is 0 Å². The summed E-state index contributed by atoms with van der Waals surface area (Å²) in [6.07, 6.45) is 89.9. The Labute approximate surface area is 504 Å². The van der Waals surface area contributed by atoms with E-state index in [0.717, 1.165) is 109 Å². The van der Waals surface area contributed by atoms with Gasteiger partial charge in [0, 0.05) is 19.3 Å². The molecule has 0 spiro atoms. The maximum Gasteiger partial charge on any atom is 0.306 e. The van der Waals surface area contributed by atoms with E-state index >= 15 is 0 Å². The largest absolute Gasteiger partial charge is 0.462 e. The average molecular weight is 1130 g/mol. The molecule has 472 valence electrons. The molecule has 6 nitrogen and oxygen atoms in total. The minimum Gasteiger partial charge on any atom is -0.462 e. The summed E-state index contributed by atoms with van der Waals surface area (Å²) in [6, 6.07) is 0. The number of hydrogen-bond donors (Lipinski definition) is 0. The van der Waals surface area contributed by atoms with E-state index in [1.807, 2.05) is 0 Å². The van der Waals surface area contributed by atoms with Crippen molar-refractivity contribution in [3.63, 3.8) is 0 Å². The van der Waals surface area contributed by atoms with Crippen molar-refractivity contribution in [2.75, 3.05) is 13.2 Å². The zero-order valence-electron chi connectivity index (χ0n) is 54.3. The first-order valence-corrected chi connectivity index (χ1v) is 35.8. The zero-order chi connectivity index (χ0) is 58.5. The van der Waals surface area contributed by atoms with Crippen LogP contribution in [0.15, 0.2) is 60.8 Å². The van der Waals surface area contributed by atoms with Gasteiger partial charge in [0.1, 0.15) is 13.2 Å². The van der Waals surface area contributed by atoms with Gasteiger partial charge in [-0.3, -0.25) is 14.4 Å². The van der Waals surface area contributed by atoms with Crippen molar-refractivity contribution >= 4 is 17.9 Å². The first-order valence-electron chi connectivity index (χ1n) is 35.8. The molecule has 0 aromatic rings. The molecular weight excluding hydrogens is 997 g/mol. The van der Waals surface area contributed by atoms with Crippen LogP contribution in [0, 0.1) is 0 Å². The first kappa shape index (κ1) is 78.1. The maximum absolute atomic E-state index is 12.9. The van der Waals surface area contributed by atoms with Gasteiger partial charge in [0.25, 0.3) is 0 Å². The predicted octanol–water partition coefficient (Wildman–Crippen LogP) is 24.7. The maximum atomic E-state index is 12.9. The predicted molar refractivity (Wildman–Crippen MR) is 353 cm³/mol. The molecule has 0 saturated carbocycles. The Kier molecular flexibility index (Phi) is 67.1. The molecular formula is C75H136O6. The second-order valence-electron chi connectivity index (χ2n) is 24.1. The monoisotopic (exact) mass is 1130 g/mol. The summed E-state index contributed by atoms with van der Waals surface area (Å²) in [6.45, 7) is 6.56. The molecule has 1 unspecified atom stereocenters. The lowest BCUT2D eigenvalue weighted by atomic mass is 10.0. The topological polar surface area (TPSA) is 78.9 Å². The van der Waals surface area contributed by atoms with E-state index in [4.69, 9.17) is 14.2 Å². The van der Waals surface area contributed by atoms with Crippen molar-refractivity contribution in [2.24, 2.45) is 0 Å². The molecule has 0 aromatic heterocycles. The van der Waals surface area contributed by atoms with Crippen LogP contribution in [0.25, 0.3) is 0 Å². The lowest BCUT2D eigenvalue weighted by Gasteiger charge is -2.18. The molecule has 0 aliphatic heterocycles. The van der Waals surface area contributed by atoms with Crippen molar-refractivity contribution in [2.45, 2.75) is 386 Å². The molecule has 6 heteroatoms. The van der Waals surface area contributed by atoms with E-state index < -0.39 is 6.10 Å². The lowest BCUT2D eigenvalue weighted by molar-refractivity contribution is -0.167. The van der Waals surface area contributed by atoms with Crippen LogP contribution in [0.2, 0.25) is 0 Å². The molecule has 0 N–H and O–H groups in total. The third-order valence-corrected chi connectivity index (χ3v) is 16.0. The van der Waals surface area contributed by atoms with Gasteiger partial charge in [-0.2, -0.15) is 0 Å². The summed E-state index contributed by atoms with van der Waals surface area (Å²) in [4.78, 5) is 38.3. The summed E-state index contributed by atoms with van der Waals surface area (Å²) in [5.74, 6) is -0.875. The zero-order valence-corrected chi connectivity index (χ0v) is 54.3. The molecule has 0 amide bonds. The number of carbonyl (C=O) groups is 3. The van der Waals surface area contributed by atoms with E-state index in [9.17, 15) is 14.4 Å². The van der Waals surface area contributed by atoms with Crippen LogP contribution >= 0.6 is 0 Å². The van der Waals surface area contributed by atoms with Gasteiger partial charge < -0.3 is 14.2 Å². The number of carbonyl (C=O) groups excluding carboxylic acids is 3. The Morgan fingerprint density at radius 2 is 0.481 bits per heavy atom. The van der Waals surface area contributed by atoms with Crippen LogP contribution in [-0.4, -0.2) is 37.2 Å². The van der Waals surface area contributed by atoms with Gasteiger partial charge in [0.15, 0.2) is 6.10 Å². The molecule has 0 rings (SSSR count). The number of unbranched alkanes of at least 4 members (excludes halogenated alkanes) is 45. The first-order chi connectivity index (χ1) is 40.0. The van der Waals surface area contributed by atoms with Crippen molar-refractivity contribution in [1.29, 1.82) is 0 Å². The lowest BCUT2D eigenvalue weighted by Crippen LogP contribution is -2.30. The minimum atomic E-state index is -0.783. The Morgan fingerprint density at radius 1 is 0.259 bits per heavy atom. The fourth-order valence-corrected chi connectivity index (χ4v) is 10.7. The van der Waals surface area contributed by atoms with Crippen LogP contribution in [0.5, 0.6) is 0 Å². The Morgan fingerprint density at radius 3 is 0.753 bits per heavy atom. The van der Waals surface area contributed by atoms with Crippen LogP contribution < -0.4 is 0 Å². The number of ether oxygens (including phenoxy) is 3. The molecule has 0 radical (unpaired) electrons. The van der Waals surface area contributed by atoms with Crippen molar-refractivity contribution in [1.82, 2.24) is 0 Å². The molecule has 0 aromatic carbocycles. The van der Waals surface area contributed by atoms with Gasteiger partial charge in [0.2, 0.25) is 0 Å². The number of rotatable bonds is 66. The quantitative estimate of drug-likeness (QED) is 0.0261. The molecule has 0 fully saturated rings. The molecule has 0 aliphatic carbocycles. The highest BCUT2D eigenvalue weighted by molar-refractivity contribution is 5.71.